The predicted octanol–water partition coefficient (Wildman–Crippen LogP) is 3.40. The minimum atomic E-state index is -1.19. The smallest absolute Gasteiger partial charge is 0.341 e. The van der Waals surface area contributed by atoms with Crippen molar-refractivity contribution >= 4 is 21.9 Å². The van der Waals surface area contributed by atoms with Crippen LogP contribution >= 0.6 is 15.9 Å². The Balaban J connectivity index is 2.01. The second kappa shape index (κ2) is 7.32. The predicted molar refractivity (Wildman–Crippen MR) is 94.3 cm³/mol. The summed E-state index contributed by atoms with van der Waals surface area (Å²) in [6.07, 6.45) is 5.10. The Bertz CT molecular complexity index is 792. The van der Waals surface area contributed by atoms with E-state index in [0.29, 0.717) is 23.6 Å². The first-order valence-corrected chi connectivity index (χ1v) is 8.65. The van der Waals surface area contributed by atoms with Gasteiger partial charge in [0.05, 0.1) is 0 Å². The highest BCUT2D eigenvalue weighted by atomic mass is 79.9. The Morgan fingerprint density at radius 2 is 1.88 bits per heavy atom. The molecule has 1 N–H and O–H groups in total. The summed E-state index contributed by atoms with van der Waals surface area (Å²) in [5.74, 6) is -0.764. The van der Waals surface area contributed by atoms with Gasteiger partial charge >= 0.3 is 5.97 Å². The summed E-state index contributed by atoms with van der Waals surface area (Å²) in [5, 5.41) is 9.37. The number of nitrogens with zero attached hydrogens (tertiary/aromatic N) is 1. The average Bonchev–Trinajstić information content (AvgIpc) is 2.58. The second-order valence-corrected chi connectivity index (χ2v) is 6.89. The van der Waals surface area contributed by atoms with Gasteiger partial charge < -0.3 is 14.4 Å². The normalized spacial score (nSPS) is 15.4. The third-order valence-corrected chi connectivity index (χ3v) is 4.80. The van der Waals surface area contributed by atoms with E-state index in [2.05, 4.69) is 15.9 Å². The van der Waals surface area contributed by atoms with Crippen molar-refractivity contribution in [3.8, 4) is 11.1 Å². The zero-order valence-corrected chi connectivity index (χ0v) is 14.7. The van der Waals surface area contributed by atoms with Gasteiger partial charge in [0.15, 0.2) is 0 Å². The van der Waals surface area contributed by atoms with Crippen LogP contribution in [0.3, 0.4) is 0 Å². The van der Waals surface area contributed by atoms with Crippen molar-refractivity contribution in [1.82, 2.24) is 4.57 Å². The molecule has 0 spiro atoms. The number of hydrogen-bond acceptors (Lipinski definition) is 3. The first kappa shape index (κ1) is 16.9. The molecule has 0 saturated carbocycles. The topological polar surface area (TPSA) is 68.5 Å². The number of aromatic nitrogens is 1. The fourth-order valence-electron chi connectivity index (χ4n) is 2.95. The Morgan fingerprint density at radius 3 is 2.50 bits per heavy atom. The van der Waals surface area contributed by atoms with Gasteiger partial charge in [-0.2, -0.15) is 0 Å². The lowest BCUT2D eigenvalue weighted by Gasteiger charge is -2.23. The monoisotopic (exact) mass is 391 g/mol. The van der Waals surface area contributed by atoms with Crippen molar-refractivity contribution in [2.45, 2.75) is 19.4 Å². The minimum absolute atomic E-state index is 0.192. The van der Waals surface area contributed by atoms with Crippen LogP contribution < -0.4 is 5.43 Å². The van der Waals surface area contributed by atoms with Crippen molar-refractivity contribution in [3.63, 3.8) is 0 Å². The quantitative estimate of drug-likeness (QED) is 0.866. The van der Waals surface area contributed by atoms with E-state index in [-0.39, 0.29) is 5.56 Å². The molecule has 1 aromatic carbocycles. The van der Waals surface area contributed by atoms with Gasteiger partial charge in [-0.05, 0) is 36.5 Å². The lowest BCUT2D eigenvalue weighted by Crippen LogP contribution is -2.24. The summed E-state index contributed by atoms with van der Waals surface area (Å²) in [5.41, 5.74) is 0.483. The maximum atomic E-state index is 12.5. The van der Waals surface area contributed by atoms with Crippen molar-refractivity contribution in [2.75, 3.05) is 13.2 Å². The number of ether oxygens (including phenoxy) is 1. The van der Waals surface area contributed by atoms with Gasteiger partial charge in [-0.3, -0.25) is 4.79 Å². The number of carboxylic acid groups (broad SMARTS) is 1. The molecule has 2 aromatic rings. The molecule has 2 heterocycles. The molecule has 1 aliphatic heterocycles. The Morgan fingerprint density at radius 1 is 1.21 bits per heavy atom. The fraction of sp³-hybridized carbons (Fsp3) is 0.333. The van der Waals surface area contributed by atoms with Crippen LogP contribution in [0.4, 0.5) is 0 Å². The van der Waals surface area contributed by atoms with Crippen LogP contribution in [-0.4, -0.2) is 28.9 Å². The number of pyridine rings is 1. The Labute approximate surface area is 148 Å². The second-order valence-electron chi connectivity index (χ2n) is 5.98. The van der Waals surface area contributed by atoms with Crippen LogP contribution in [0.15, 0.2) is 45.9 Å². The standard InChI is InChI=1S/C18H18BrNO4/c19-14-3-1-13(2-4-14)15-10-20(9-12-5-7-24-8-6-12)11-16(17(15)21)18(22)23/h1-4,10-12H,5-9H2,(H,22,23). The van der Waals surface area contributed by atoms with E-state index < -0.39 is 11.4 Å². The molecule has 6 heteroatoms. The van der Waals surface area contributed by atoms with Crippen molar-refractivity contribution < 1.29 is 14.6 Å². The molecule has 0 radical (unpaired) electrons. The SMILES string of the molecule is O=C(O)c1cn(CC2CCOCC2)cc(-c2ccc(Br)cc2)c1=O. The number of benzene rings is 1. The molecule has 0 atom stereocenters. The van der Waals surface area contributed by atoms with Crippen LogP contribution in [-0.2, 0) is 11.3 Å². The molecular weight excluding hydrogens is 374 g/mol. The average molecular weight is 392 g/mol. The van der Waals surface area contributed by atoms with E-state index in [1.807, 2.05) is 28.8 Å². The Hall–Kier alpha value is -1.92. The molecule has 0 unspecified atom stereocenters. The third-order valence-electron chi connectivity index (χ3n) is 4.27. The van der Waals surface area contributed by atoms with Gasteiger partial charge in [0.25, 0.3) is 0 Å². The van der Waals surface area contributed by atoms with Gasteiger partial charge in [0, 0.05) is 42.2 Å². The van der Waals surface area contributed by atoms with Crippen LogP contribution in [0.2, 0.25) is 0 Å². The lowest BCUT2D eigenvalue weighted by molar-refractivity contribution is 0.0609. The molecule has 126 valence electrons. The number of hydrogen-bond donors (Lipinski definition) is 1. The van der Waals surface area contributed by atoms with E-state index in [4.69, 9.17) is 4.74 Å². The van der Waals surface area contributed by atoms with Crippen LogP contribution in [0, 0.1) is 5.92 Å². The highest BCUT2D eigenvalue weighted by Crippen LogP contribution is 2.21. The van der Waals surface area contributed by atoms with E-state index in [0.717, 1.165) is 30.5 Å². The summed E-state index contributed by atoms with van der Waals surface area (Å²) < 4.78 is 8.10. The summed E-state index contributed by atoms with van der Waals surface area (Å²) in [6, 6.07) is 7.30. The summed E-state index contributed by atoms with van der Waals surface area (Å²) in [4.78, 5) is 24.0. The van der Waals surface area contributed by atoms with Gasteiger partial charge in [-0.1, -0.05) is 28.1 Å². The van der Waals surface area contributed by atoms with E-state index in [1.54, 1.807) is 6.20 Å². The highest BCUT2D eigenvalue weighted by Gasteiger charge is 2.18. The molecular formula is C18H18BrNO4. The molecule has 0 amide bonds. The zero-order chi connectivity index (χ0) is 17.1. The maximum absolute atomic E-state index is 12.5. The van der Waals surface area contributed by atoms with Gasteiger partial charge in [0.1, 0.15) is 5.56 Å². The fourth-order valence-corrected chi connectivity index (χ4v) is 3.22. The summed E-state index contributed by atoms with van der Waals surface area (Å²) >= 11 is 3.37. The molecule has 1 saturated heterocycles. The number of rotatable bonds is 4. The van der Waals surface area contributed by atoms with Crippen LogP contribution in [0.5, 0.6) is 0 Å². The number of aromatic carboxylic acids is 1. The summed E-state index contributed by atoms with van der Waals surface area (Å²) in [7, 11) is 0. The number of carbonyl (C=O) groups is 1. The minimum Gasteiger partial charge on any atom is -0.477 e. The first-order valence-electron chi connectivity index (χ1n) is 7.85. The molecule has 24 heavy (non-hydrogen) atoms. The molecule has 0 bridgehead atoms. The van der Waals surface area contributed by atoms with Crippen molar-refractivity contribution in [1.29, 1.82) is 0 Å². The largest absolute Gasteiger partial charge is 0.477 e. The molecule has 5 nitrogen and oxygen atoms in total. The molecule has 1 aromatic heterocycles. The molecule has 0 aliphatic carbocycles. The molecule has 1 aliphatic rings. The third kappa shape index (κ3) is 3.76. The number of halogens is 1. The number of carboxylic acids is 1. The highest BCUT2D eigenvalue weighted by molar-refractivity contribution is 9.10. The first-order chi connectivity index (χ1) is 11.5. The van der Waals surface area contributed by atoms with Gasteiger partial charge in [-0.15, -0.1) is 0 Å². The van der Waals surface area contributed by atoms with E-state index in [9.17, 15) is 14.7 Å². The van der Waals surface area contributed by atoms with E-state index in [1.165, 1.54) is 6.20 Å². The Kier molecular flexibility index (Phi) is 5.16. The van der Waals surface area contributed by atoms with Crippen LogP contribution in [0.1, 0.15) is 23.2 Å². The van der Waals surface area contributed by atoms with Crippen molar-refractivity contribution in [2.24, 2.45) is 5.92 Å². The van der Waals surface area contributed by atoms with Gasteiger partial charge in [0.2, 0.25) is 5.43 Å². The zero-order valence-electron chi connectivity index (χ0n) is 13.1. The van der Waals surface area contributed by atoms with E-state index >= 15 is 0 Å². The lowest BCUT2D eigenvalue weighted by atomic mass is 9.99. The van der Waals surface area contributed by atoms with Crippen molar-refractivity contribution in [3.05, 3.63) is 56.9 Å². The molecule has 3 rings (SSSR count). The summed E-state index contributed by atoms with van der Waals surface area (Å²) in [6.45, 7) is 2.15. The molecule has 1 fully saturated rings. The maximum Gasteiger partial charge on any atom is 0.341 e. The van der Waals surface area contributed by atoms with Crippen LogP contribution in [0.25, 0.3) is 11.1 Å². The van der Waals surface area contributed by atoms with Gasteiger partial charge in [-0.25, -0.2) is 4.79 Å².